The van der Waals surface area contributed by atoms with Gasteiger partial charge in [0, 0.05) is 32.4 Å². The number of nitrogen functional groups attached to an aromatic ring is 1. The Bertz CT molecular complexity index is 425. The van der Waals surface area contributed by atoms with Gasteiger partial charge in [0.25, 0.3) is 5.91 Å². The van der Waals surface area contributed by atoms with Crippen LogP contribution >= 0.6 is 0 Å². The van der Waals surface area contributed by atoms with Gasteiger partial charge < -0.3 is 15.5 Å². The van der Waals surface area contributed by atoms with Crippen LogP contribution in [0, 0.1) is 6.92 Å². The second-order valence-corrected chi connectivity index (χ2v) is 4.54. The molecule has 5 heteroatoms. The standard InChI is InChI=1S/C12H18N4O/c1-9-7-10(11(13)14-8-9)12(17)16-5-3-15(2)4-6-16/h7-8H,3-6H2,1-2H3,(H2,13,14). The number of anilines is 1. The van der Waals surface area contributed by atoms with E-state index in [0.29, 0.717) is 11.4 Å². The third kappa shape index (κ3) is 2.55. The summed E-state index contributed by atoms with van der Waals surface area (Å²) >= 11 is 0. The van der Waals surface area contributed by atoms with E-state index >= 15 is 0 Å². The van der Waals surface area contributed by atoms with Crippen molar-refractivity contribution < 1.29 is 4.79 Å². The van der Waals surface area contributed by atoms with E-state index < -0.39 is 0 Å². The summed E-state index contributed by atoms with van der Waals surface area (Å²) in [6, 6.07) is 1.81. The normalized spacial score (nSPS) is 17.2. The highest BCUT2D eigenvalue weighted by Crippen LogP contribution is 2.14. The number of aryl methyl sites for hydroxylation is 1. The van der Waals surface area contributed by atoms with Crippen LogP contribution in [0.2, 0.25) is 0 Å². The number of carbonyl (C=O) groups is 1. The van der Waals surface area contributed by atoms with E-state index in [1.807, 2.05) is 17.9 Å². The van der Waals surface area contributed by atoms with Crippen LogP contribution in [0.4, 0.5) is 5.82 Å². The summed E-state index contributed by atoms with van der Waals surface area (Å²) in [5.74, 6) is 0.311. The first kappa shape index (κ1) is 11.9. The van der Waals surface area contributed by atoms with Crippen LogP contribution in [0.25, 0.3) is 0 Å². The summed E-state index contributed by atoms with van der Waals surface area (Å²) in [5, 5.41) is 0. The highest BCUT2D eigenvalue weighted by atomic mass is 16.2. The lowest BCUT2D eigenvalue weighted by molar-refractivity contribution is 0.0664. The van der Waals surface area contributed by atoms with Crippen LogP contribution in [0.1, 0.15) is 15.9 Å². The summed E-state index contributed by atoms with van der Waals surface area (Å²) in [6.45, 7) is 5.23. The third-order valence-electron chi connectivity index (χ3n) is 3.08. The van der Waals surface area contributed by atoms with Gasteiger partial charge in [0.1, 0.15) is 5.82 Å². The summed E-state index contributed by atoms with van der Waals surface area (Å²) in [4.78, 5) is 20.3. The molecule has 1 fully saturated rings. The molecule has 0 saturated carbocycles. The van der Waals surface area contributed by atoms with Gasteiger partial charge in [-0.3, -0.25) is 4.79 Å². The molecule has 1 aromatic rings. The number of rotatable bonds is 1. The van der Waals surface area contributed by atoms with E-state index in [1.165, 1.54) is 0 Å². The number of hydrogen-bond donors (Lipinski definition) is 1. The maximum atomic E-state index is 12.3. The van der Waals surface area contributed by atoms with Crippen LogP contribution in [0.5, 0.6) is 0 Å². The second kappa shape index (κ2) is 4.71. The highest BCUT2D eigenvalue weighted by Gasteiger charge is 2.22. The molecule has 1 saturated heterocycles. The van der Waals surface area contributed by atoms with E-state index in [9.17, 15) is 4.79 Å². The fourth-order valence-electron chi connectivity index (χ4n) is 1.93. The second-order valence-electron chi connectivity index (χ2n) is 4.54. The average Bonchev–Trinajstić information content (AvgIpc) is 2.32. The molecule has 0 radical (unpaired) electrons. The first-order chi connectivity index (χ1) is 8.08. The summed E-state index contributed by atoms with van der Waals surface area (Å²) in [7, 11) is 2.06. The zero-order chi connectivity index (χ0) is 12.4. The van der Waals surface area contributed by atoms with Crippen LogP contribution in [-0.2, 0) is 0 Å². The van der Waals surface area contributed by atoms with E-state index in [1.54, 1.807) is 6.20 Å². The van der Waals surface area contributed by atoms with Crippen molar-refractivity contribution in [1.29, 1.82) is 0 Å². The van der Waals surface area contributed by atoms with Gasteiger partial charge in [-0.1, -0.05) is 0 Å². The minimum Gasteiger partial charge on any atom is -0.383 e. The van der Waals surface area contributed by atoms with Gasteiger partial charge in [-0.25, -0.2) is 4.98 Å². The smallest absolute Gasteiger partial charge is 0.257 e. The van der Waals surface area contributed by atoms with Gasteiger partial charge in [-0.2, -0.15) is 0 Å². The first-order valence-corrected chi connectivity index (χ1v) is 5.78. The summed E-state index contributed by atoms with van der Waals surface area (Å²) in [5.41, 5.74) is 7.23. The number of nitrogens with two attached hydrogens (primary N) is 1. The largest absolute Gasteiger partial charge is 0.383 e. The average molecular weight is 234 g/mol. The number of pyridine rings is 1. The zero-order valence-corrected chi connectivity index (χ0v) is 10.3. The molecule has 0 aliphatic carbocycles. The molecule has 1 aliphatic heterocycles. The van der Waals surface area contributed by atoms with Gasteiger partial charge >= 0.3 is 0 Å². The Kier molecular flexibility index (Phi) is 3.28. The van der Waals surface area contributed by atoms with Crippen LogP contribution in [0.15, 0.2) is 12.3 Å². The van der Waals surface area contributed by atoms with E-state index in [0.717, 1.165) is 31.7 Å². The van der Waals surface area contributed by atoms with E-state index in [4.69, 9.17) is 5.73 Å². The molecule has 0 atom stereocenters. The predicted molar refractivity (Wildman–Crippen MR) is 66.8 cm³/mol. The molecule has 0 aromatic carbocycles. The van der Waals surface area contributed by atoms with Crippen molar-refractivity contribution in [2.75, 3.05) is 39.0 Å². The molecular weight excluding hydrogens is 216 g/mol. The quantitative estimate of drug-likeness (QED) is 0.762. The molecule has 17 heavy (non-hydrogen) atoms. The van der Waals surface area contributed by atoms with Crippen LogP contribution < -0.4 is 5.73 Å². The van der Waals surface area contributed by atoms with Crippen LogP contribution in [0.3, 0.4) is 0 Å². The molecule has 1 amide bonds. The SMILES string of the molecule is Cc1cnc(N)c(C(=O)N2CCN(C)CC2)c1. The van der Waals surface area contributed by atoms with Crippen molar-refractivity contribution >= 4 is 11.7 Å². The molecule has 1 aliphatic rings. The molecule has 0 spiro atoms. The number of hydrogen-bond acceptors (Lipinski definition) is 4. The molecule has 92 valence electrons. The van der Waals surface area contributed by atoms with Crippen molar-refractivity contribution in [3.8, 4) is 0 Å². The number of amides is 1. The minimum absolute atomic E-state index is 0.00759. The Hall–Kier alpha value is -1.62. The lowest BCUT2D eigenvalue weighted by Gasteiger charge is -2.32. The first-order valence-electron chi connectivity index (χ1n) is 5.78. The molecule has 2 heterocycles. The number of aromatic nitrogens is 1. The molecule has 0 unspecified atom stereocenters. The van der Waals surface area contributed by atoms with Gasteiger partial charge in [0.05, 0.1) is 5.56 Å². The molecular formula is C12H18N4O. The fourth-order valence-corrected chi connectivity index (χ4v) is 1.93. The number of carbonyl (C=O) groups excluding carboxylic acids is 1. The number of likely N-dealkylation sites (N-methyl/N-ethyl adjacent to an activating group) is 1. The number of piperazine rings is 1. The van der Waals surface area contributed by atoms with Crippen molar-refractivity contribution in [3.05, 3.63) is 23.4 Å². The number of nitrogens with zero attached hydrogens (tertiary/aromatic N) is 3. The van der Waals surface area contributed by atoms with Crippen molar-refractivity contribution in [2.24, 2.45) is 0 Å². The topological polar surface area (TPSA) is 62.5 Å². The monoisotopic (exact) mass is 234 g/mol. The van der Waals surface area contributed by atoms with Crippen molar-refractivity contribution in [2.45, 2.75) is 6.92 Å². The molecule has 1 aromatic heterocycles. The lowest BCUT2D eigenvalue weighted by Crippen LogP contribution is -2.47. The zero-order valence-electron chi connectivity index (χ0n) is 10.3. The molecule has 0 bridgehead atoms. The Morgan fingerprint density at radius 3 is 2.65 bits per heavy atom. The highest BCUT2D eigenvalue weighted by molar-refractivity contribution is 5.98. The Morgan fingerprint density at radius 2 is 2.00 bits per heavy atom. The summed E-state index contributed by atoms with van der Waals surface area (Å²) in [6.07, 6.45) is 1.68. The van der Waals surface area contributed by atoms with Gasteiger partial charge in [0.2, 0.25) is 0 Å². The van der Waals surface area contributed by atoms with Crippen molar-refractivity contribution in [3.63, 3.8) is 0 Å². The lowest BCUT2D eigenvalue weighted by atomic mass is 10.1. The van der Waals surface area contributed by atoms with Gasteiger partial charge in [-0.15, -0.1) is 0 Å². The third-order valence-corrected chi connectivity index (χ3v) is 3.08. The van der Waals surface area contributed by atoms with Crippen molar-refractivity contribution in [1.82, 2.24) is 14.8 Å². The Labute approximate surface area is 101 Å². The Balaban J connectivity index is 2.16. The van der Waals surface area contributed by atoms with Gasteiger partial charge in [0.15, 0.2) is 0 Å². The summed E-state index contributed by atoms with van der Waals surface area (Å²) < 4.78 is 0. The van der Waals surface area contributed by atoms with Gasteiger partial charge in [-0.05, 0) is 25.6 Å². The molecule has 5 nitrogen and oxygen atoms in total. The fraction of sp³-hybridized carbons (Fsp3) is 0.500. The molecule has 2 N–H and O–H groups in total. The van der Waals surface area contributed by atoms with E-state index in [-0.39, 0.29) is 5.91 Å². The minimum atomic E-state index is -0.00759. The maximum absolute atomic E-state index is 12.3. The van der Waals surface area contributed by atoms with Crippen LogP contribution in [-0.4, -0.2) is 53.9 Å². The predicted octanol–water partition coefficient (Wildman–Crippen LogP) is 0.360. The molecule has 2 rings (SSSR count). The Morgan fingerprint density at radius 1 is 1.35 bits per heavy atom. The van der Waals surface area contributed by atoms with E-state index in [2.05, 4.69) is 16.9 Å². The maximum Gasteiger partial charge on any atom is 0.257 e.